The second-order valence-electron chi connectivity index (χ2n) is 11.5. The first-order valence-corrected chi connectivity index (χ1v) is 14.0. The van der Waals surface area contributed by atoms with E-state index in [2.05, 4.69) is 35.6 Å². The van der Waals surface area contributed by atoms with Crippen molar-refractivity contribution in [3.05, 3.63) is 143 Å². The summed E-state index contributed by atoms with van der Waals surface area (Å²) >= 11 is 0. The van der Waals surface area contributed by atoms with Crippen molar-refractivity contribution in [2.75, 3.05) is 0 Å². The molecule has 0 heterocycles. The van der Waals surface area contributed by atoms with Crippen molar-refractivity contribution in [1.82, 2.24) is 10.2 Å². The van der Waals surface area contributed by atoms with Crippen LogP contribution in [0.2, 0.25) is 0 Å². The second-order valence-corrected chi connectivity index (χ2v) is 11.5. The Morgan fingerprint density at radius 2 is 1.25 bits per heavy atom. The third-order valence-corrected chi connectivity index (χ3v) is 6.99. The SMILES string of the molecule is Cc1cccc(CN(C(=O)CC(c2ccccc2)c2ccccc2)[C@@H](Cc2ccccc2)C(=O)NC(C)(C)C)c1. The Morgan fingerprint density at radius 3 is 1.77 bits per heavy atom. The van der Waals surface area contributed by atoms with Gasteiger partial charge in [0.25, 0.3) is 0 Å². The van der Waals surface area contributed by atoms with Gasteiger partial charge in [0.2, 0.25) is 11.8 Å². The number of carbonyl (C=O) groups excluding carboxylic acids is 2. The van der Waals surface area contributed by atoms with Crippen LogP contribution in [0, 0.1) is 6.92 Å². The summed E-state index contributed by atoms with van der Waals surface area (Å²) in [6.45, 7) is 8.31. The number of rotatable bonds is 10. The molecule has 1 atom stereocenters. The van der Waals surface area contributed by atoms with Crippen LogP contribution in [0.4, 0.5) is 0 Å². The number of nitrogens with zero attached hydrogens (tertiary/aromatic N) is 1. The van der Waals surface area contributed by atoms with Crippen LogP contribution in [-0.4, -0.2) is 28.3 Å². The molecule has 4 heteroatoms. The monoisotopic (exact) mass is 532 g/mol. The van der Waals surface area contributed by atoms with E-state index in [4.69, 9.17) is 0 Å². The molecule has 0 aliphatic rings. The van der Waals surface area contributed by atoms with Crippen LogP contribution in [-0.2, 0) is 22.6 Å². The normalized spacial score (nSPS) is 12.1. The number of amides is 2. The highest BCUT2D eigenvalue weighted by Crippen LogP contribution is 2.30. The van der Waals surface area contributed by atoms with Crippen molar-refractivity contribution < 1.29 is 9.59 Å². The fourth-order valence-corrected chi connectivity index (χ4v) is 5.10. The molecule has 2 amide bonds. The van der Waals surface area contributed by atoms with Crippen molar-refractivity contribution in [3.63, 3.8) is 0 Å². The molecular formula is C36H40N2O2. The maximum Gasteiger partial charge on any atom is 0.243 e. The zero-order chi connectivity index (χ0) is 28.5. The topological polar surface area (TPSA) is 49.4 Å². The summed E-state index contributed by atoms with van der Waals surface area (Å²) in [5.74, 6) is -0.324. The van der Waals surface area contributed by atoms with Crippen molar-refractivity contribution in [2.45, 2.75) is 64.6 Å². The zero-order valence-corrected chi connectivity index (χ0v) is 24.0. The van der Waals surface area contributed by atoms with Gasteiger partial charge in [0.1, 0.15) is 6.04 Å². The lowest BCUT2D eigenvalue weighted by Gasteiger charge is -2.35. The predicted octanol–water partition coefficient (Wildman–Crippen LogP) is 7.07. The van der Waals surface area contributed by atoms with Gasteiger partial charge < -0.3 is 10.2 Å². The molecule has 0 spiro atoms. The van der Waals surface area contributed by atoms with Gasteiger partial charge in [-0.3, -0.25) is 9.59 Å². The van der Waals surface area contributed by atoms with E-state index >= 15 is 0 Å². The van der Waals surface area contributed by atoms with Gasteiger partial charge >= 0.3 is 0 Å². The smallest absolute Gasteiger partial charge is 0.243 e. The number of aryl methyl sites for hydroxylation is 1. The lowest BCUT2D eigenvalue weighted by molar-refractivity contribution is -0.142. The Hall–Kier alpha value is -4.18. The van der Waals surface area contributed by atoms with E-state index in [1.54, 1.807) is 4.90 Å². The number of hydrogen-bond acceptors (Lipinski definition) is 2. The highest BCUT2D eigenvalue weighted by molar-refractivity contribution is 5.89. The van der Waals surface area contributed by atoms with Crippen molar-refractivity contribution >= 4 is 11.8 Å². The van der Waals surface area contributed by atoms with Gasteiger partial charge in [-0.25, -0.2) is 0 Å². The molecule has 4 nitrogen and oxygen atoms in total. The molecular weight excluding hydrogens is 492 g/mol. The molecule has 0 bridgehead atoms. The zero-order valence-electron chi connectivity index (χ0n) is 24.0. The summed E-state index contributed by atoms with van der Waals surface area (Å²) in [6, 6.07) is 37.8. The van der Waals surface area contributed by atoms with Gasteiger partial charge in [0.05, 0.1) is 0 Å². The highest BCUT2D eigenvalue weighted by Gasteiger charge is 2.33. The molecule has 0 aliphatic carbocycles. The second kappa shape index (κ2) is 13.3. The summed E-state index contributed by atoms with van der Waals surface area (Å²) in [5.41, 5.74) is 4.87. The van der Waals surface area contributed by atoms with Gasteiger partial charge in [0, 0.05) is 30.8 Å². The third kappa shape index (κ3) is 8.16. The van der Waals surface area contributed by atoms with E-state index < -0.39 is 11.6 Å². The summed E-state index contributed by atoms with van der Waals surface area (Å²) in [7, 11) is 0. The molecule has 40 heavy (non-hydrogen) atoms. The molecule has 0 fully saturated rings. The Morgan fingerprint density at radius 1 is 0.725 bits per heavy atom. The molecule has 0 saturated heterocycles. The van der Waals surface area contributed by atoms with Crippen LogP contribution in [0.15, 0.2) is 115 Å². The van der Waals surface area contributed by atoms with Crippen molar-refractivity contribution in [1.29, 1.82) is 0 Å². The first-order chi connectivity index (χ1) is 19.2. The van der Waals surface area contributed by atoms with Crippen LogP contribution in [0.5, 0.6) is 0 Å². The van der Waals surface area contributed by atoms with E-state index in [0.717, 1.165) is 27.8 Å². The van der Waals surface area contributed by atoms with Gasteiger partial charge in [-0.2, -0.15) is 0 Å². The van der Waals surface area contributed by atoms with E-state index in [1.807, 2.05) is 113 Å². The average molecular weight is 533 g/mol. The Balaban J connectivity index is 1.75. The molecule has 4 aromatic carbocycles. The minimum atomic E-state index is -0.665. The highest BCUT2D eigenvalue weighted by atomic mass is 16.2. The molecule has 0 unspecified atom stereocenters. The molecule has 0 saturated carbocycles. The van der Waals surface area contributed by atoms with Crippen LogP contribution in [0.3, 0.4) is 0 Å². The maximum atomic E-state index is 14.4. The van der Waals surface area contributed by atoms with Gasteiger partial charge in [-0.05, 0) is 49.9 Å². The predicted molar refractivity (Wildman–Crippen MR) is 163 cm³/mol. The number of nitrogens with one attached hydrogen (secondary N) is 1. The van der Waals surface area contributed by atoms with E-state index in [9.17, 15) is 9.59 Å². The van der Waals surface area contributed by atoms with Gasteiger partial charge in [-0.1, -0.05) is 121 Å². The minimum Gasteiger partial charge on any atom is -0.350 e. The van der Waals surface area contributed by atoms with E-state index in [1.165, 1.54) is 0 Å². The molecule has 1 N–H and O–H groups in total. The summed E-state index contributed by atoms with van der Waals surface area (Å²) in [4.78, 5) is 30.1. The summed E-state index contributed by atoms with van der Waals surface area (Å²) in [6.07, 6.45) is 0.690. The van der Waals surface area contributed by atoms with Gasteiger partial charge in [-0.15, -0.1) is 0 Å². The molecule has 206 valence electrons. The lowest BCUT2D eigenvalue weighted by atomic mass is 9.87. The van der Waals surface area contributed by atoms with Crippen LogP contribution in [0.1, 0.15) is 60.9 Å². The van der Waals surface area contributed by atoms with Crippen LogP contribution < -0.4 is 5.32 Å². The first-order valence-electron chi connectivity index (χ1n) is 14.0. The standard InChI is InChI=1S/C36H40N2O2/c1-27-15-14-18-29(23-27)26-38(33(35(40)37-36(2,3)4)24-28-16-8-5-9-17-28)34(39)25-32(30-19-10-6-11-20-30)31-21-12-7-13-22-31/h5-23,32-33H,24-26H2,1-4H3,(H,37,40)/t33-/m0/s1. The van der Waals surface area contributed by atoms with Crippen molar-refractivity contribution in [3.8, 4) is 0 Å². The molecule has 0 aromatic heterocycles. The Kier molecular flexibility index (Phi) is 9.55. The first kappa shape index (κ1) is 28.8. The largest absolute Gasteiger partial charge is 0.350 e. The fraction of sp³-hybridized carbons (Fsp3) is 0.278. The Bertz CT molecular complexity index is 1340. The summed E-state index contributed by atoms with van der Waals surface area (Å²) < 4.78 is 0. The maximum absolute atomic E-state index is 14.4. The van der Waals surface area contributed by atoms with Crippen molar-refractivity contribution in [2.24, 2.45) is 0 Å². The van der Waals surface area contributed by atoms with E-state index in [-0.39, 0.29) is 24.2 Å². The van der Waals surface area contributed by atoms with Crippen LogP contribution >= 0.6 is 0 Å². The Labute approximate surface area is 239 Å². The quantitative estimate of drug-likeness (QED) is 0.237. The number of benzene rings is 4. The summed E-state index contributed by atoms with van der Waals surface area (Å²) in [5, 5.41) is 3.16. The lowest BCUT2D eigenvalue weighted by Crippen LogP contribution is -2.54. The third-order valence-electron chi connectivity index (χ3n) is 6.99. The minimum absolute atomic E-state index is 0.0517. The van der Waals surface area contributed by atoms with Crippen LogP contribution in [0.25, 0.3) is 0 Å². The van der Waals surface area contributed by atoms with E-state index in [0.29, 0.717) is 13.0 Å². The molecule has 4 aromatic rings. The number of carbonyl (C=O) groups is 2. The van der Waals surface area contributed by atoms with Gasteiger partial charge in [0.15, 0.2) is 0 Å². The average Bonchev–Trinajstić information content (AvgIpc) is 2.94. The molecule has 4 rings (SSSR count). The fourth-order valence-electron chi connectivity index (χ4n) is 5.10. The number of hydrogen-bond donors (Lipinski definition) is 1. The molecule has 0 aliphatic heterocycles. The molecule has 0 radical (unpaired) electrons.